The van der Waals surface area contributed by atoms with Crippen LogP contribution in [0.5, 0.6) is 0 Å². The molecule has 1 aromatic carbocycles. The van der Waals surface area contributed by atoms with Gasteiger partial charge in [-0.3, -0.25) is 0 Å². The average molecular weight is 190 g/mol. The van der Waals surface area contributed by atoms with Gasteiger partial charge in [-0.15, -0.1) is 0 Å². The summed E-state index contributed by atoms with van der Waals surface area (Å²) in [6, 6.07) is 7.83. The van der Waals surface area contributed by atoms with E-state index in [1.165, 1.54) is 6.07 Å². The van der Waals surface area contributed by atoms with Crippen LogP contribution in [0.3, 0.4) is 0 Å². The first-order valence-electron chi connectivity index (χ1n) is 4.11. The van der Waals surface area contributed by atoms with Gasteiger partial charge in [-0.2, -0.15) is 5.26 Å². The Morgan fingerprint density at radius 2 is 2.21 bits per heavy atom. The van der Waals surface area contributed by atoms with Crippen molar-refractivity contribution in [2.24, 2.45) is 5.73 Å². The van der Waals surface area contributed by atoms with Crippen molar-refractivity contribution in [1.29, 1.82) is 5.26 Å². The van der Waals surface area contributed by atoms with Crippen molar-refractivity contribution in [3.63, 3.8) is 0 Å². The van der Waals surface area contributed by atoms with Crippen molar-refractivity contribution < 1.29 is 9.90 Å². The minimum atomic E-state index is -1.02. The molecule has 4 heteroatoms. The van der Waals surface area contributed by atoms with E-state index in [0.29, 0.717) is 5.56 Å². The Labute approximate surface area is 81.6 Å². The molecule has 0 amide bonds. The minimum Gasteiger partial charge on any atom is -0.478 e. The Balaban J connectivity index is 3.08. The quantitative estimate of drug-likeness (QED) is 0.751. The Morgan fingerprint density at radius 3 is 2.79 bits per heavy atom. The van der Waals surface area contributed by atoms with Gasteiger partial charge in [0.15, 0.2) is 0 Å². The van der Waals surface area contributed by atoms with Gasteiger partial charge in [-0.25, -0.2) is 4.79 Å². The number of rotatable bonds is 3. The molecule has 0 aliphatic carbocycles. The maximum Gasteiger partial charge on any atom is 0.336 e. The zero-order valence-electron chi connectivity index (χ0n) is 7.47. The molecule has 1 rings (SSSR count). The molecular formula is C10H10N2O2. The van der Waals surface area contributed by atoms with Crippen LogP contribution in [0.4, 0.5) is 0 Å². The molecule has 72 valence electrons. The van der Waals surface area contributed by atoms with Crippen molar-refractivity contribution in [2.45, 2.75) is 12.5 Å². The second kappa shape index (κ2) is 4.40. The van der Waals surface area contributed by atoms with Gasteiger partial charge >= 0.3 is 5.97 Å². The summed E-state index contributed by atoms with van der Waals surface area (Å²) in [5.41, 5.74) is 6.32. The van der Waals surface area contributed by atoms with Gasteiger partial charge in [-0.05, 0) is 11.6 Å². The van der Waals surface area contributed by atoms with E-state index in [0.717, 1.165) is 0 Å². The van der Waals surface area contributed by atoms with Crippen LogP contribution in [-0.4, -0.2) is 11.1 Å². The average Bonchev–Trinajstić information content (AvgIpc) is 2.18. The fourth-order valence-electron chi connectivity index (χ4n) is 1.22. The lowest BCUT2D eigenvalue weighted by atomic mass is 9.99. The highest BCUT2D eigenvalue weighted by Gasteiger charge is 2.14. The second-order valence-corrected chi connectivity index (χ2v) is 2.86. The number of carboxylic acids is 1. The fraction of sp³-hybridized carbons (Fsp3) is 0.200. The number of carbonyl (C=O) groups is 1. The zero-order chi connectivity index (χ0) is 10.6. The van der Waals surface area contributed by atoms with E-state index in [1.54, 1.807) is 18.2 Å². The molecule has 0 heterocycles. The van der Waals surface area contributed by atoms with Crippen molar-refractivity contribution in [2.75, 3.05) is 0 Å². The molecule has 0 aliphatic rings. The fourth-order valence-corrected chi connectivity index (χ4v) is 1.22. The smallest absolute Gasteiger partial charge is 0.336 e. The van der Waals surface area contributed by atoms with Crippen LogP contribution in [0.1, 0.15) is 28.4 Å². The lowest BCUT2D eigenvalue weighted by Crippen LogP contribution is -2.14. The van der Waals surface area contributed by atoms with Gasteiger partial charge in [-0.1, -0.05) is 18.2 Å². The predicted octanol–water partition coefficient (Wildman–Crippen LogP) is 1.30. The van der Waals surface area contributed by atoms with Crippen molar-refractivity contribution in [3.8, 4) is 6.07 Å². The third-order valence-electron chi connectivity index (χ3n) is 1.90. The Morgan fingerprint density at radius 1 is 1.57 bits per heavy atom. The van der Waals surface area contributed by atoms with Crippen LogP contribution in [0.15, 0.2) is 24.3 Å². The van der Waals surface area contributed by atoms with Crippen LogP contribution in [0.2, 0.25) is 0 Å². The molecule has 0 fully saturated rings. The molecule has 1 aromatic rings. The van der Waals surface area contributed by atoms with Crippen molar-refractivity contribution in [1.82, 2.24) is 0 Å². The second-order valence-electron chi connectivity index (χ2n) is 2.86. The highest BCUT2D eigenvalue weighted by molar-refractivity contribution is 5.89. The largest absolute Gasteiger partial charge is 0.478 e. The van der Waals surface area contributed by atoms with E-state index in [4.69, 9.17) is 16.1 Å². The predicted molar refractivity (Wildman–Crippen MR) is 50.6 cm³/mol. The normalized spacial score (nSPS) is 11.7. The maximum atomic E-state index is 10.8. The van der Waals surface area contributed by atoms with Crippen LogP contribution >= 0.6 is 0 Å². The number of nitrogens with two attached hydrogens (primary N) is 1. The molecule has 0 bridgehead atoms. The molecule has 0 unspecified atom stereocenters. The molecular weight excluding hydrogens is 180 g/mol. The third-order valence-corrected chi connectivity index (χ3v) is 1.90. The number of nitrogens with zero attached hydrogens (tertiary/aromatic N) is 1. The summed E-state index contributed by atoms with van der Waals surface area (Å²) in [4.78, 5) is 10.8. The highest BCUT2D eigenvalue weighted by atomic mass is 16.4. The van der Waals surface area contributed by atoms with E-state index >= 15 is 0 Å². The van der Waals surface area contributed by atoms with Crippen molar-refractivity contribution in [3.05, 3.63) is 35.4 Å². The third kappa shape index (κ3) is 2.09. The van der Waals surface area contributed by atoms with E-state index < -0.39 is 12.0 Å². The lowest BCUT2D eigenvalue weighted by molar-refractivity contribution is 0.0695. The number of benzene rings is 1. The molecule has 0 aliphatic heterocycles. The van der Waals surface area contributed by atoms with E-state index in [1.807, 2.05) is 6.07 Å². The molecule has 0 radical (unpaired) electrons. The van der Waals surface area contributed by atoms with Gasteiger partial charge in [0.05, 0.1) is 18.1 Å². The van der Waals surface area contributed by atoms with Crippen molar-refractivity contribution >= 4 is 5.97 Å². The maximum absolute atomic E-state index is 10.8. The molecule has 0 aromatic heterocycles. The van der Waals surface area contributed by atoms with Gasteiger partial charge in [0.25, 0.3) is 0 Å². The van der Waals surface area contributed by atoms with E-state index in [2.05, 4.69) is 0 Å². The van der Waals surface area contributed by atoms with Crippen LogP contribution in [0, 0.1) is 11.3 Å². The molecule has 1 atom stereocenters. The van der Waals surface area contributed by atoms with E-state index in [-0.39, 0.29) is 12.0 Å². The number of carboxylic acid groups (broad SMARTS) is 1. The summed E-state index contributed by atoms with van der Waals surface area (Å²) in [6.07, 6.45) is 0.115. The molecule has 0 saturated heterocycles. The SMILES string of the molecule is N#CC[C@H](N)c1ccccc1C(=O)O. The topological polar surface area (TPSA) is 87.1 Å². The summed E-state index contributed by atoms with van der Waals surface area (Å²) < 4.78 is 0. The first-order chi connectivity index (χ1) is 6.66. The van der Waals surface area contributed by atoms with Crippen LogP contribution < -0.4 is 5.73 Å². The van der Waals surface area contributed by atoms with Gasteiger partial charge in [0.2, 0.25) is 0 Å². The summed E-state index contributed by atoms with van der Waals surface area (Å²) in [5, 5.41) is 17.3. The van der Waals surface area contributed by atoms with Gasteiger partial charge < -0.3 is 10.8 Å². The first-order valence-corrected chi connectivity index (χ1v) is 4.11. The highest BCUT2D eigenvalue weighted by Crippen LogP contribution is 2.18. The lowest BCUT2D eigenvalue weighted by Gasteiger charge is -2.10. The molecule has 0 spiro atoms. The Bertz CT molecular complexity index is 382. The number of aromatic carboxylic acids is 1. The molecule has 4 nitrogen and oxygen atoms in total. The van der Waals surface area contributed by atoms with Gasteiger partial charge in [0.1, 0.15) is 0 Å². The summed E-state index contributed by atoms with van der Waals surface area (Å²) in [5.74, 6) is -1.02. The van der Waals surface area contributed by atoms with Crippen LogP contribution in [-0.2, 0) is 0 Å². The number of nitriles is 1. The first kappa shape index (κ1) is 10.2. The zero-order valence-corrected chi connectivity index (χ0v) is 7.47. The van der Waals surface area contributed by atoms with Crippen LogP contribution in [0.25, 0.3) is 0 Å². The molecule has 3 N–H and O–H groups in total. The summed E-state index contributed by atoms with van der Waals surface area (Å²) >= 11 is 0. The number of hydrogen-bond donors (Lipinski definition) is 2. The Kier molecular flexibility index (Phi) is 3.21. The van der Waals surface area contributed by atoms with Gasteiger partial charge in [0, 0.05) is 6.04 Å². The summed E-state index contributed by atoms with van der Waals surface area (Å²) in [6.45, 7) is 0. The molecule has 0 saturated carbocycles. The minimum absolute atomic E-state index is 0.115. The monoisotopic (exact) mass is 190 g/mol. The standard InChI is InChI=1S/C10H10N2O2/c11-6-5-9(12)7-3-1-2-4-8(7)10(13)14/h1-4,9H,5,12H2,(H,13,14)/t9-/m0/s1. The molecule has 14 heavy (non-hydrogen) atoms. The van der Waals surface area contributed by atoms with E-state index in [9.17, 15) is 4.79 Å². The Hall–Kier alpha value is -1.86. The number of hydrogen-bond acceptors (Lipinski definition) is 3. The summed E-state index contributed by atoms with van der Waals surface area (Å²) in [7, 11) is 0.